The van der Waals surface area contributed by atoms with Crippen LogP contribution in [0.3, 0.4) is 0 Å². The molecule has 1 heterocycles. The summed E-state index contributed by atoms with van der Waals surface area (Å²) in [7, 11) is -3.86. The van der Waals surface area contributed by atoms with Crippen LogP contribution in [0.4, 0.5) is 0 Å². The molecule has 6 nitrogen and oxygen atoms in total. The van der Waals surface area contributed by atoms with E-state index in [0.29, 0.717) is 5.82 Å². The quantitative estimate of drug-likeness (QED) is 0.929. The molecule has 0 aliphatic heterocycles. The van der Waals surface area contributed by atoms with Crippen molar-refractivity contribution in [1.82, 2.24) is 14.8 Å². The van der Waals surface area contributed by atoms with Gasteiger partial charge in [-0.3, -0.25) is 4.57 Å². The number of hydrogen-bond donors (Lipinski definition) is 1. The van der Waals surface area contributed by atoms with E-state index < -0.39 is 10.0 Å². The van der Waals surface area contributed by atoms with Crippen LogP contribution in [-0.2, 0) is 10.0 Å². The lowest BCUT2D eigenvalue weighted by Crippen LogP contribution is -2.18. The van der Waals surface area contributed by atoms with Crippen molar-refractivity contribution in [3.8, 4) is 11.4 Å². The number of nitrogens with zero attached hydrogens (tertiary/aromatic N) is 3. The molecule has 7 heteroatoms. The number of primary sulfonamides is 1. The molecule has 1 fully saturated rings. The highest BCUT2D eigenvalue weighted by molar-refractivity contribution is 7.89. The van der Waals surface area contributed by atoms with Gasteiger partial charge in [0.05, 0.1) is 0 Å². The van der Waals surface area contributed by atoms with Crippen LogP contribution in [0.5, 0.6) is 0 Å². The van der Waals surface area contributed by atoms with Crippen LogP contribution in [0, 0.1) is 13.8 Å². The number of hydrogen-bond acceptors (Lipinski definition) is 4. The SMILES string of the molecule is Cc1ccc(-c2nnc(S(N)(=O)=O)n2C2CC2)c(C)c1. The maximum Gasteiger partial charge on any atom is 0.273 e. The van der Waals surface area contributed by atoms with Crippen LogP contribution in [0.1, 0.15) is 30.0 Å². The fourth-order valence-electron chi connectivity index (χ4n) is 2.38. The summed E-state index contributed by atoms with van der Waals surface area (Å²) < 4.78 is 24.9. The summed E-state index contributed by atoms with van der Waals surface area (Å²) in [5.74, 6) is 0.578. The number of benzene rings is 1. The van der Waals surface area contributed by atoms with E-state index in [1.54, 1.807) is 4.57 Å². The van der Waals surface area contributed by atoms with E-state index in [9.17, 15) is 8.42 Å². The first-order chi connectivity index (χ1) is 9.38. The Balaban J connectivity index is 2.22. The second kappa shape index (κ2) is 4.39. The summed E-state index contributed by atoms with van der Waals surface area (Å²) in [4.78, 5) is 0. The maximum atomic E-state index is 11.6. The minimum absolute atomic E-state index is 0.133. The predicted molar refractivity (Wildman–Crippen MR) is 74.6 cm³/mol. The van der Waals surface area contributed by atoms with Gasteiger partial charge in [-0.05, 0) is 32.3 Å². The third-order valence-corrected chi connectivity index (χ3v) is 4.24. The zero-order chi connectivity index (χ0) is 14.5. The van der Waals surface area contributed by atoms with Gasteiger partial charge in [-0.1, -0.05) is 23.8 Å². The molecule has 106 valence electrons. The van der Waals surface area contributed by atoms with Crippen molar-refractivity contribution < 1.29 is 8.42 Å². The monoisotopic (exact) mass is 292 g/mol. The van der Waals surface area contributed by atoms with Crippen LogP contribution < -0.4 is 5.14 Å². The summed E-state index contributed by atoms with van der Waals surface area (Å²) in [6, 6.07) is 6.09. The van der Waals surface area contributed by atoms with Crippen LogP contribution in [0.15, 0.2) is 23.4 Å². The molecule has 1 aromatic heterocycles. The van der Waals surface area contributed by atoms with Crippen LogP contribution >= 0.6 is 0 Å². The molecule has 3 rings (SSSR count). The summed E-state index contributed by atoms with van der Waals surface area (Å²) in [6.45, 7) is 3.99. The van der Waals surface area contributed by atoms with Gasteiger partial charge in [0, 0.05) is 11.6 Å². The topological polar surface area (TPSA) is 90.9 Å². The second-order valence-electron chi connectivity index (χ2n) is 5.27. The molecule has 1 saturated carbocycles. The largest absolute Gasteiger partial charge is 0.294 e. The van der Waals surface area contributed by atoms with E-state index in [1.165, 1.54) is 0 Å². The molecule has 0 bridgehead atoms. The molecule has 0 amide bonds. The van der Waals surface area contributed by atoms with Crippen molar-refractivity contribution in [3.63, 3.8) is 0 Å². The van der Waals surface area contributed by atoms with Crippen molar-refractivity contribution in [2.24, 2.45) is 5.14 Å². The average Bonchev–Trinajstić information content (AvgIpc) is 3.07. The molecule has 1 aromatic carbocycles. The van der Waals surface area contributed by atoms with Gasteiger partial charge in [0.2, 0.25) is 0 Å². The van der Waals surface area contributed by atoms with E-state index in [1.807, 2.05) is 32.0 Å². The number of aryl methyl sites for hydroxylation is 2. The van der Waals surface area contributed by atoms with E-state index in [0.717, 1.165) is 29.5 Å². The molecule has 0 unspecified atom stereocenters. The van der Waals surface area contributed by atoms with Crippen LogP contribution in [-0.4, -0.2) is 23.2 Å². The van der Waals surface area contributed by atoms with Crippen molar-refractivity contribution in [2.45, 2.75) is 37.9 Å². The van der Waals surface area contributed by atoms with Gasteiger partial charge in [-0.15, -0.1) is 10.2 Å². The lowest BCUT2D eigenvalue weighted by molar-refractivity contribution is 0.567. The molecule has 0 radical (unpaired) electrons. The summed E-state index contributed by atoms with van der Waals surface area (Å²) >= 11 is 0. The zero-order valence-electron chi connectivity index (χ0n) is 11.4. The predicted octanol–water partition coefficient (Wildman–Crippen LogP) is 1.54. The van der Waals surface area contributed by atoms with Crippen molar-refractivity contribution >= 4 is 10.0 Å². The lowest BCUT2D eigenvalue weighted by Gasteiger charge is -2.10. The minimum atomic E-state index is -3.86. The third kappa shape index (κ3) is 2.23. The Morgan fingerprint density at radius 1 is 1.25 bits per heavy atom. The Morgan fingerprint density at radius 3 is 2.50 bits per heavy atom. The van der Waals surface area contributed by atoms with Crippen molar-refractivity contribution in [1.29, 1.82) is 0 Å². The van der Waals surface area contributed by atoms with Crippen molar-refractivity contribution in [3.05, 3.63) is 29.3 Å². The molecule has 20 heavy (non-hydrogen) atoms. The van der Waals surface area contributed by atoms with Crippen molar-refractivity contribution in [2.75, 3.05) is 0 Å². The first kappa shape index (κ1) is 13.3. The molecular formula is C13H16N4O2S. The van der Waals surface area contributed by atoms with Gasteiger partial charge in [0.1, 0.15) is 0 Å². The highest BCUT2D eigenvalue weighted by Crippen LogP contribution is 2.40. The number of sulfonamides is 1. The standard InChI is InChI=1S/C13H16N4O2S/c1-8-3-6-11(9(2)7-8)12-15-16-13(20(14,18)19)17(12)10-4-5-10/h3,6-7,10H,4-5H2,1-2H3,(H2,14,18,19). The fraction of sp³-hybridized carbons (Fsp3) is 0.385. The first-order valence-corrected chi connectivity index (χ1v) is 7.98. The van der Waals surface area contributed by atoms with Crippen LogP contribution in [0.25, 0.3) is 11.4 Å². The maximum absolute atomic E-state index is 11.6. The Morgan fingerprint density at radius 2 is 1.95 bits per heavy atom. The minimum Gasteiger partial charge on any atom is -0.294 e. The smallest absolute Gasteiger partial charge is 0.273 e. The average molecular weight is 292 g/mol. The zero-order valence-corrected chi connectivity index (χ0v) is 12.2. The fourth-order valence-corrected chi connectivity index (χ4v) is 3.05. The second-order valence-corrected chi connectivity index (χ2v) is 6.73. The molecular weight excluding hydrogens is 276 g/mol. The molecule has 2 aromatic rings. The Kier molecular flexibility index (Phi) is 2.91. The van der Waals surface area contributed by atoms with E-state index in [2.05, 4.69) is 10.2 Å². The summed E-state index contributed by atoms with van der Waals surface area (Å²) in [5, 5.41) is 12.9. The summed E-state index contributed by atoms with van der Waals surface area (Å²) in [5.41, 5.74) is 3.08. The van der Waals surface area contributed by atoms with E-state index in [-0.39, 0.29) is 11.2 Å². The highest BCUT2D eigenvalue weighted by atomic mass is 32.2. The van der Waals surface area contributed by atoms with Gasteiger partial charge in [-0.25, -0.2) is 13.6 Å². The Labute approximate surface area is 117 Å². The molecule has 0 spiro atoms. The van der Waals surface area contributed by atoms with Gasteiger partial charge >= 0.3 is 0 Å². The number of aromatic nitrogens is 3. The molecule has 1 aliphatic rings. The summed E-state index contributed by atoms with van der Waals surface area (Å²) in [6.07, 6.45) is 1.86. The number of nitrogens with two attached hydrogens (primary N) is 1. The van der Waals surface area contributed by atoms with Gasteiger partial charge in [-0.2, -0.15) is 0 Å². The van der Waals surface area contributed by atoms with E-state index in [4.69, 9.17) is 5.14 Å². The molecule has 0 saturated heterocycles. The Bertz CT molecular complexity index is 776. The molecule has 1 aliphatic carbocycles. The Hall–Kier alpha value is -1.73. The van der Waals surface area contributed by atoms with Crippen LogP contribution in [0.2, 0.25) is 0 Å². The van der Waals surface area contributed by atoms with E-state index >= 15 is 0 Å². The lowest BCUT2D eigenvalue weighted by atomic mass is 10.1. The highest BCUT2D eigenvalue weighted by Gasteiger charge is 2.33. The third-order valence-electron chi connectivity index (χ3n) is 3.45. The van der Waals surface area contributed by atoms with Gasteiger partial charge < -0.3 is 0 Å². The van der Waals surface area contributed by atoms with Gasteiger partial charge in [0.15, 0.2) is 5.82 Å². The first-order valence-electron chi connectivity index (χ1n) is 6.43. The number of rotatable bonds is 3. The molecule has 0 atom stereocenters. The normalized spacial score (nSPS) is 15.6. The van der Waals surface area contributed by atoms with Gasteiger partial charge in [0.25, 0.3) is 15.2 Å². The molecule has 2 N–H and O–H groups in total.